The minimum absolute atomic E-state index is 0.0289. The zero-order valence-corrected chi connectivity index (χ0v) is 14.7. The predicted molar refractivity (Wildman–Crippen MR) is 84.1 cm³/mol. The van der Waals surface area contributed by atoms with Gasteiger partial charge in [-0.2, -0.15) is 8.42 Å². The van der Waals surface area contributed by atoms with Crippen LogP contribution < -0.4 is 0 Å². The van der Waals surface area contributed by atoms with Gasteiger partial charge >= 0.3 is 10.4 Å². The van der Waals surface area contributed by atoms with Gasteiger partial charge in [0.05, 0.1) is 33.8 Å². The van der Waals surface area contributed by atoms with Gasteiger partial charge in [-0.15, -0.1) is 0 Å². The highest BCUT2D eigenvalue weighted by molar-refractivity contribution is 7.80. The lowest BCUT2D eigenvalue weighted by Crippen LogP contribution is -2.39. The maximum atomic E-state index is 9.56. The SMILES string of the molecule is CCCCCCCC[N+](C)(C)CC.CCOS(=O)(=O)O. The number of hydrogen-bond acceptors (Lipinski definition) is 3. The summed E-state index contributed by atoms with van der Waals surface area (Å²) in [6.07, 6.45) is 8.50. The Morgan fingerprint density at radius 2 is 1.45 bits per heavy atom. The quantitative estimate of drug-likeness (QED) is 0.382. The molecule has 0 aliphatic heterocycles. The summed E-state index contributed by atoms with van der Waals surface area (Å²) in [6.45, 7) is 8.60. The molecule has 20 heavy (non-hydrogen) atoms. The largest absolute Gasteiger partial charge is 0.397 e. The Kier molecular flexibility index (Phi) is 13.9. The number of unbranched alkanes of at least 4 members (excludes halogenated alkanes) is 5. The molecular weight excluding hydrogens is 278 g/mol. The van der Waals surface area contributed by atoms with Crippen molar-refractivity contribution in [3.05, 3.63) is 0 Å². The summed E-state index contributed by atoms with van der Waals surface area (Å²) in [5, 5.41) is 0. The first kappa shape index (κ1) is 22.1. The second-order valence-corrected chi connectivity index (χ2v) is 6.67. The Bertz CT molecular complexity index is 302. The van der Waals surface area contributed by atoms with Crippen LogP contribution in [0.25, 0.3) is 0 Å². The first-order chi connectivity index (χ1) is 9.18. The molecule has 0 radical (unpaired) electrons. The third-order valence-electron chi connectivity index (χ3n) is 3.24. The van der Waals surface area contributed by atoms with Crippen LogP contribution in [0.15, 0.2) is 0 Å². The number of nitrogens with zero attached hydrogens (tertiary/aromatic N) is 1. The fourth-order valence-electron chi connectivity index (χ4n) is 1.63. The standard InChI is InChI=1S/C12H28N.C2H6O4S/c1-5-7-8-9-10-11-12-13(3,4)6-2;1-2-6-7(3,4)5/h5-12H2,1-4H3;2H2,1H3,(H,3,4,5)/q+1;. The van der Waals surface area contributed by atoms with Crippen LogP contribution in [-0.4, -0.2) is 51.2 Å². The molecule has 0 aromatic heterocycles. The Labute approximate surface area is 125 Å². The average molecular weight is 312 g/mol. The highest BCUT2D eigenvalue weighted by atomic mass is 32.3. The van der Waals surface area contributed by atoms with E-state index in [1.54, 1.807) is 0 Å². The van der Waals surface area contributed by atoms with E-state index >= 15 is 0 Å². The van der Waals surface area contributed by atoms with Gasteiger partial charge in [0, 0.05) is 0 Å². The Morgan fingerprint density at radius 3 is 1.80 bits per heavy atom. The van der Waals surface area contributed by atoms with Gasteiger partial charge in [-0.05, 0) is 26.7 Å². The molecule has 0 aromatic rings. The third-order valence-corrected chi connectivity index (χ3v) is 3.77. The molecule has 0 bridgehead atoms. The molecule has 0 heterocycles. The molecular formula is C14H34NO4S+. The normalized spacial score (nSPS) is 11.9. The van der Waals surface area contributed by atoms with E-state index in [9.17, 15) is 8.42 Å². The van der Waals surface area contributed by atoms with E-state index in [2.05, 4.69) is 32.1 Å². The lowest BCUT2D eigenvalue weighted by molar-refractivity contribution is -0.888. The molecule has 0 saturated heterocycles. The van der Waals surface area contributed by atoms with Crippen molar-refractivity contribution in [2.75, 3.05) is 33.8 Å². The molecule has 1 N–H and O–H groups in total. The van der Waals surface area contributed by atoms with Gasteiger partial charge in [-0.3, -0.25) is 4.55 Å². The molecule has 0 amide bonds. The number of rotatable bonds is 10. The van der Waals surface area contributed by atoms with Crippen molar-refractivity contribution >= 4 is 10.4 Å². The van der Waals surface area contributed by atoms with Crippen LogP contribution >= 0.6 is 0 Å². The minimum Gasteiger partial charge on any atom is -0.329 e. The predicted octanol–water partition coefficient (Wildman–Crippen LogP) is 3.27. The summed E-state index contributed by atoms with van der Waals surface area (Å²) in [5.74, 6) is 0. The summed E-state index contributed by atoms with van der Waals surface area (Å²) in [5.41, 5.74) is 0. The zero-order valence-electron chi connectivity index (χ0n) is 13.9. The van der Waals surface area contributed by atoms with Crippen LogP contribution in [-0.2, 0) is 14.6 Å². The molecule has 0 saturated carbocycles. The minimum atomic E-state index is -4.17. The molecule has 0 spiro atoms. The van der Waals surface area contributed by atoms with Crippen molar-refractivity contribution in [3.8, 4) is 0 Å². The summed E-state index contributed by atoms with van der Waals surface area (Å²) in [4.78, 5) is 0. The van der Waals surface area contributed by atoms with E-state index in [1.165, 1.54) is 63.0 Å². The Hall–Kier alpha value is -0.170. The summed E-state index contributed by atoms with van der Waals surface area (Å²) < 4.78 is 31.8. The van der Waals surface area contributed by atoms with Gasteiger partial charge in [-0.25, -0.2) is 4.18 Å². The average Bonchev–Trinajstić information content (AvgIpc) is 2.33. The molecule has 0 aliphatic carbocycles. The maximum Gasteiger partial charge on any atom is 0.397 e. The van der Waals surface area contributed by atoms with E-state index in [1.807, 2.05) is 0 Å². The van der Waals surface area contributed by atoms with Crippen molar-refractivity contribution < 1.29 is 21.6 Å². The van der Waals surface area contributed by atoms with Crippen LogP contribution in [0.1, 0.15) is 59.3 Å². The van der Waals surface area contributed by atoms with Gasteiger partial charge in [0.2, 0.25) is 0 Å². The second-order valence-electron chi connectivity index (χ2n) is 5.58. The van der Waals surface area contributed by atoms with Gasteiger partial charge in [0.1, 0.15) is 0 Å². The summed E-state index contributed by atoms with van der Waals surface area (Å²) in [7, 11) is 0.477. The molecule has 0 rings (SSSR count). The van der Waals surface area contributed by atoms with E-state index in [-0.39, 0.29) is 6.61 Å². The van der Waals surface area contributed by atoms with Gasteiger partial charge < -0.3 is 4.48 Å². The first-order valence-corrected chi connectivity index (χ1v) is 8.98. The lowest BCUT2D eigenvalue weighted by atomic mass is 10.1. The van der Waals surface area contributed by atoms with Crippen LogP contribution in [0.5, 0.6) is 0 Å². The van der Waals surface area contributed by atoms with Crippen molar-refractivity contribution in [1.29, 1.82) is 0 Å². The molecule has 0 atom stereocenters. The van der Waals surface area contributed by atoms with Crippen LogP contribution in [0, 0.1) is 0 Å². The fourth-order valence-corrected chi connectivity index (χ4v) is 1.93. The van der Waals surface area contributed by atoms with E-state index in [0.717, 1.165) is 0 Å². The van der Waals surface area contributed by atoms with Crippen LogP contribution in [0.3, 0.4) is 0 Å². The van der Waals surface area contributed by atoms with Crippen LogP contribution in [0.4, 0.5) is 0 Å². The molecule has 5 nitrogen and oxygen atoms in total. The smallest absolute Gasteiger partial charge is 0.329 e. The van der Waals surface area contributed by atoms with Crippen LogP contribution in [0.2, 0.25) is 0 Å². The Balaban J connectivity index is 0. The molecule has 0 aliphatic rings. The van der Waals surface area contributed by atoms with Crippen molar-refractivity contribution in [2.24, 2.45) is 0 Å². The van der Waals surface area contributed by atoms with E-state index in [0.29, 0.717) is 0 Å². The topological polar surface area (TPSA) is 63.6 Å². The highest BCUT2D eigenvalue weighted by Crippen LogP contribution is 2.07. The molecule has 0 unspecified atom stereocenters. The molecule has 0 fully saturated rings. The lowest BCUT2D eigenvalue weighted by Gasteiger charge is -2.28. The number of quaternary nitrogens is 1. The van der Waals surface area contributed by atoms with Gasteiger partial charge in [0.25, 0.3) is 0 Å². The van der Waals surface area contributed by atoms with Crippen molar-refractivity contribution in [2.45, 2.75) is 59.3 Å². The molecule has 6 heteroatoms. The van der Waals surface area contributed by atoms with Gasteiger partial charge in [0.15, 0.2) is 0 Å². The molecule has 0 aromatic carbocycles. The number of hydrogen-bond donors (Lipinski definition) is 1. The fraction of sp³-hybridized carbons (Fsp3) is 1.00. The summed E-state index contributed by atoms with van der Waals surface area (Å²) in [6, 6.07) is 0. The van der Waals surface area contributed by atoms with E-state index in [4.69, 9.17) is 4.55 Å². The Morgan fingerprint density at radius 1 is 0.950 bits per heavy atom. The second kappa shape index (κ2) is 12.6. The zero-order chi connectivity index (χ0) is 16.1. The summed E-state index contributed by atoms with van der Waals surface area (Å²) >= 11 is 0. The monoisotopic (exact) mass is 312 g/mol. The van der Waals surface area contributed by atoms with E-state index < -0.39 is 10.4 Å². The third kappa shape index (κ3) is 20.2. The highest BCUT2D eigenvalue weighted by Gasteiger charge is 2.09. The molecule has 124 valence electrons. The van der Waals surface area contributed by atoms with Gasteiger partial charge in [-0.1, -0.05) is 32.6 Å². The van der Waals surface area contributed by atoms with Crippen molar-refractivity contribution in [3.63, 3.8) is 0 Å². The van der Waals surface area contributed by atoms with Crippen molar-refractivity contribution in [1.82, 2.24) is 0 Å². The maximum absolute atomic E-state index is 9.56. The first-order valence-electron chi connectivity index (χ1n) is 7.62.